The van der Waals surface area contributed by atoms with E-state index in [0.29, 0.717) is 107 Å². The average molecular weight is 2030 g/mol. The van der Waals surface area contributed by atoms with E-state index in [9.17, 15) is 50.3 Å². The van der Waals surface area contributed by atoms with Crippen LogP contribution in [0.3, 0.4) is 0 Å². The third-order valence-corrected chi connectivity index (χ3v) is 26.7. The van der Waals surface area contributed by atoms with Gasteiger partial charge in [0.1, 0.15) is 63.2 Å². The maximum absolute atomic E-state index is 12.9. The SMILES string of the molecule is Cc1ccc(C2CCN(C(=O)c3ccc(Oc4ccc(C(F)(F)F)cc4)cc3)CC2)nn1.Cc1ccc(C2CCN(C(=O)c3ccc(Oc4ccc(OC(F)(F)F)cc4)cc3)CC2)nn1.Cc1ccc(C2CCN(C(=O)c3ccc(Oc4ccccc4)cc3)CC2)cn1.Cc1ccc(C2CCN(C(=O)c3ccc(Oc4ccccc4)cc3)CC2)nn1.Cc1ccc(Oc2ccc(C(=O)N3CCC(c4ccc(C)nn4)CC3)cc2)cc1. The van der Waals surface area contributed by atoms with Gasteiger partial charge < -0.3 is 52.9 Å². The highest BCUT2D eigenvalue weighted by Crippen LogP contribution is 2.39. The summed E-state index contributed by atoms with van der Waals surface area (Å²) in [5, 5.41) is 33.7. The number of carbonyl (C=O) groups is 5. The molecule has 15 aromatic rings. The standard InChI is InChI=1S/C24H22F3N3O3.C24H22F3N3O2.C24H25N3O2.C24H24N2O2.C23H23N3O2/c1-16-2-11-22(29-28-16)17-12-14-30(15-13-17)23(31)18-3-5-19(6-4-18)32-20-7-9-21(10-8-20)33-24(25,26)27;1-16-2-11-22(29-28-16)17-12-14-30(15-13-17)23(31)18-3-7-20(8-4-18)32-21-9-5-19(6-10-21)24(25,26)27;1-17-3-8-21(9-4-17)29-22-10-6-20(7-11-22)24(28)27-15-13-19(14-16-27)23-12-5-18(2)25-26-23;1-18-7-8-21(17-25-18)19-13-15-26(16-14-19)24(27)20-9-11-23(12-10-20)28-22-5-3-2-4-6-22;1-17-7-12-22(25-24-17)18-13-15-26(16-14-18)23(27)19-8-10-21(11-9-19)28-20-5-3-2-4-6-20/h2-11,17H,12-15H2,1H3;2-11,17H,12-15H2,1H3;3-12,19H,13-16H2,1-2H3;2-12,17,19H,13-16H2,1H3;2-12,18H,13-16H2,1H3. The largest absolute Gasteiger partial charge is 0.573 e. The number of para-hydroxylation sites is 2. The molecular formula is C119H116F6N14O11. The summed E-state index contributed by atoms with van der Waals surface area (Å²) in [6, 6.07) is 92.4. The number of likely N-dealkylation sites (tertiary alicyclic amines) is 5. The van der Waals surface area contributed by atoms with Gasteiger partial charge in [0.2, 0.25) is 0 Å². The molecule has 10 heterocycles. The third-order valence-electron chi connectivity index (χ3n) is 26.7. The predicted molar refractivity (Wildman–Crippen MR) is 557 cm³/mol. The zero-order chi connectivity index (χ0) is 105. The van der Waals surface area contributed by atoms with E-state index in [2.05, 4.69) is 74.8 Å². The molecule has 5 aromatic heterocycles. The number of hydrogen-bond donors (Lipinski definition) is 0. The summed E-state index contributed by atoms with van der Waals surface area (Å²) >= 11 is 0. The number of halogens is 6. The maximum atomic E-state index is 12.9. The molecule has 0 unspecified atom stereocenters. The van der Waals surface area contributed by atoms with Crippen LogP contribution in [0.15, 0.2) is 322 Å². The van der Waals surface area contributed by atoms with Crippen LogP contribution in [0.4, 0.5) is 26.3 Å². The van der Waals surface area contributed by atoms with Gasteiger partial charge >= 0.3 is 12.5 Å². The molecule has 0 saturated carbocycles. The first-order valence-corrected chi connectivity index (χ1v) is 50.2. The lowest BCUT2D eigenvalue weighted by Gasteiger charge is -2.32. The van der Waals surface area contributed by atoms with Gasteiger partial charge in [-0.05, 0) is 378 Å². The topological polar surface area (TPSA) is 273 Å². The highest BCUT2D eigenvalue weighted by Gasteiger charge is 2.35. The highest BCUT2D eigenvalue weighted by atomic mass is 19.4. The Morgan fingerprint density at radius 3 is 0.687 bits per heavy atom. The zero-order valence-corrected chi connectivity index (χ0v) is 84.1. The average Bonchev–Trinajstić information content (AvgIpc) is 0.828. The van der Waals surface area contributed by atoms with Crippen LogP contribution in [0.1, 0.15) is 214 Å². The van der Waals surface area contributed by atoms with E-state index in [0.717, 1.165) is 201 Å². The van der Waals surface area contributed by atoms with Crippen molar-refractivity contribution in [2.24, 2.45) is 0 Å². The third kappa shape index (κ3) is 30.6. The van der Waals surface area contributed by atoms with Crippen LogP contribution in [0.25, 0.3) is 0 Å². The Morgan fingerprint density at radius 1 is 0.240 bits per heavy atom. The first-order valence-electron chi connectivity index (χ1n) is 50.2. The van der Waals surface area contributed by atoms with Crippen molar-refractivity contribution in [3.63, 3.8) is 0 Å². The van der Waals surface area contributed by atoms with Gasteiger partial charge in [0, 0.05) is 129 Å². The van der Waals surface area contributed by atoms with Crippen LogP contribution >= 0.6 is 0 Å². The number of carbonyl (C=O) groups excluding carboxylic acids is 5. The number of benzene rings is 10. The zero-order valence-electron chi connectivity index (χ0n) is 84.1. The fourth-order valence-corrected chi connectivity index (χ4v) is 18.1. The Morgan fingerprint density at radius 2 is 0.460 bits per heavy atom. The summed E-state index contributed by atoms with van der Waals surface area (Å²) < 4.78 is 107. The van der Waals surface area contributed by atoms with E-state index < -0.39 is 18.1 Å². The minimum Gasteiger partial charge on any atom is -0.457 e. The normalized spacial score (nSPS) is 14.7. The molecule has 0 aliphatic carbocycles. The first kappa shape index (κ1) is 106. The van der Waals surface area contributed by atoms with Crippen molar-refractivity contribution < 1.29 is 78.7 Å². The van der Waals surface area contributed by atoms with Gasteiger partial charge in [0.15, 0.2) is 0 Å². The van der Waals surface area contributed by atoms with Crippen LogP contribution in [0.5, 0.6) is 63.2 Å². The molecule has 31 heteroatoms. The Bertz CT molecular complexity index is 6710. The van der Waals surface area contributed by atoms with Gasteiger partial charge in [0.25, 0.3) is 29.5 Å². The van der Waals surface area contributed by atoms with Crippen LogP contribution in [-0.4, -0.2) is 172 Å². The molecule has 5 aliphatic rings. The monoisotopic (exact) mass is 2030 g/mol. The fourth-order valence-electron chi connectivity index (χ4n) is 18.1. The molecule has 770 valence electrons. The number of aromatic nitrogens is 9. The molecule has 0 spiro atoms. The van der Waals surface area contributed by atoms with Crippen molar-refractivity contribution in [2.75, 3.05) is 65.4 Å². The van der Waals surface area contributed by atoms with Crippen molar-refractivity contribution in [3.05, 3.63) is 417 Å². The summed E-state index contributed by atoms with van der Waals surface area (Å²) in [6.45, 7) is 18.8. The number of alkyl halides is 6. The second-order valence-corrected chi connectivity index (χ2v) is 37.6. The molecule has 150 heavy (non-hydrogen) atoms. The lowest BCUT2D eigenvalue weighted by Crippen LogP contribution is -2.38. The van der Waals surface area contributed by atoms with Gasteiger partial charge in [0.05, 0.1) is 51.1 Å². The number of pyridine rings is 1. The highest BCUT2D eigenvalue weighted by molar-refractivity contribution is 5.97. The summed E-state index contributed by atoms with van der Waals surface area (Å²) in [6.07, 6.45) is 1.79. The minimum absolute atomic E-state index is 0.0522. The predicted octanol–water partition coefficient (Wildman–Crippen LogP) is 25.8. The van der Waals surface area contributed by atoms with E-state index in [4.69, 9.17) is 23.7 Å². The van der Waals surface area contributed by atoms with Gasteiger partial charge in [-0.25, -0.2) is 0 Å². The van der Waals surface area contributed by atoms with E-state index in [1.165, 1.54) is 47.5 Å². The Kier molecular flexibility index (Phi) is 35.9. The van der Waals surface area contributed by atoms with E-state index in [1.54, 1.807) is 48.5 Å². The molecule has 0 radical (unpaired) electrons. The quantitative estimate of drug-likeness (QED) is 0.0605. The van der Waals surface area contributed by atoms with E-state index in [-0.39, 0.29) is 35.3 Å². The second kappa shape index (κ2) is 50.7. The maximum Gasteiger partial charge on any atom is 0.573 e. The first-order chi connectivity index (χ1) is 72.5. The van der Waals surface area contributed by atoms with Crippen LogP contribution in [0.2, 0.25) is 0 Å². The minimum atomic E-state index is -4.74. The van der Waals surface area contributed by atoms with Crippen molar-refractivity contribution in [3.8, 4) is 63.2 Å². The van der Waals surface area contributed by atoms with Crippen molar-refractivity contribution in [2.45, 2.75) is 148 Å². The van der Waals surface area contributed by atoms with Crippen LogP contribution < -0.4 is 28.4 Å². The lowest BCUT2D eigenvalue weighted by molar-refractivity contribution is -0.274. The number of aryl methyl sites for hydroxylation is 6. The molecule has 5 saturated heterocycles. The molecule has 5 amide bonds. The van der Waals surface area contributed by atoms with Gasteiger partial charge in [-0.15, -0.1) is 13.2 Å². The van der Waals surface area contributed by atoms with Crippen molar-refractivity contribution in [1.29, 1.82) is 0 Å². The Balaban J connectivity index is 0.000000134. The van der Waals surface area contributed by atoms with Gasteiger partial charge in [-0.3, -0.25) is 29.0 Å². The molecular weight excluding hydrogens is 1920 g/mol. The molecule has 0 N–H and O–H groups in total. The summed E-state index contributed by atoms with van der Waals surface area (Å²) in [5.41, 5.74) is 13.5. The van der Waals surface area contributed by atoms with Gasteiger partial charge in [-0.1, -0.05) is 60.2 Å². The molecule has 10 aromatic carbocycles. The van der Waals surface area contributed by atoms with Gasteiger partial charge in [-0.2, -0.15) is 54.0 Å². The number of rotatable bonds is 21. The molecule has 20 rings (SSSR count). The van der Waals surface area contributed by atoms with Crippen molar-refractivity contribution >= 4 is 29.5 Å². The fraction of sp³-hybridized carbons (Fsp3) is 0.277. The molecule has 0 atom stereocenters. The molecule has 0 bridgehead atoms. The number of piperidine rings is 5. The van der Waals surface area contributed by atoms with Crippen LogP contribution in [-0.2, 0) is 6.18 Å². The molecule has 5 aliphatic heterocycles. The lowest BCUT2D eigenvalue weighted by atomic mass is 9.90. The number of nitrogens with zero attached hydrogens (tertiary/aromatic N) is 14. The summed E-state index contributed by atoms with van der Waals surface area (Å²) in [7, 11) is 0. The van der Waals surface area contributed by atoms with Crippen LogP contribution in [0, 0.1) is 41.5 Å². The Hall–Kier alpha value is -16.6. The van der Waals surface area contributed by atoms with Crippen molar-refractivity contribution in [1.82, 2.24) is 70.3 Å². The number of amides is 5. The molecule has 25 nitrogen and oxygen atoms in total. The summed E-state index contributed by atoms with van der Waals surface area (Å²) in [4.78, 5) is 78.0. The smallest absolute Gasteiger partial charge is 0.457 e. The molecule has 5 fully saturated rings. The van der Waals surface area contributed by atoms with E-state index >= 15 is 0 Å². The Labute approximate surface area is 867 Å². The summed E-state index contributed by atoms with van der Waals surface area (Å²) in [5.74, 6) is 7.70. The van der Waals surface area contributed by atoms with E-state index in [1.807, 2.05) is 266 Å². The number of ether oxygens (including phenoxy) is 6. The number of hydrogen-bond acceptors (Lipinski definition) is 20. The second-order valence-electron chi connectivity index (χ2n) is 37.6.